The number of hydrogen-bond acceptors (Lipinski definition) is 4. The number of nitrogens with zero attached hydrogens (tertiary/aromatic N) is 2. The van der Waals surface area contributed by atoms with Crippen molar-refractivity contribution in [3.8, 4) is 5.75 Å². The van der Waals surface area contributed by atoms with Crippen molar-refractivity contribution in [2.45, 2.75) is 33.2 Å². The predicted octanol–water partition coefficient (Wildman–Crippen LogP) is 5.32. The fourth-order valence-electron chi connectivity index (χ4n) is 3.87. The monoisotopic (exact) mass is 491 g/mol. The number of carbonyl (C=O) groups is 3. The molecule has 0 radical (unpaired) electrons. The molecule has 1 aliphatic rings. The second-order valence-electron chi connectivity index (χ2n) is 8.56. The molecule has 1 fully saturated rings. The first-order valence-corrected chi connectivity index (χ1v) is 11.7. The van der Waals surface area contributed by atoms with Gasteiger partial charge < -0.3 is 9.30 Å². The van der Waals surface area contributed by atoms with E-state index >= 15 is 0 Å². The summed E-state index contributed by atoms with van der Waals surface area (Å²) in [7, 11) is 0. The molecule has 0 atom stereocenters. The van der Waals surface area contributed by atoms with Gasteiger partial charge in [-0.3, -0.25) is 14.9 Å². The number of hydrogen-bond donors (Lipinski definition) is 1. The van der Waals surface area contributed by atoms with Crippen molar-refractivity contribution in [2.24, 2.45) is 0 Å². The molecule has 4 rings (SSSR count). The summed E-state index contributed by atoms with van der Waals surface area (Å²) in [5, 5.41) is 2.65. The molecule has 2 aromatic carbocycles. The standard InChI is InChI=1S/C27H26ClN3O4/c1-17(2)21-8-4-5-9-24(21)35-14-13-30-12-6-7-19(30)15-22-25(32)29-27(34)31(26(22)33)20-11-10-18(3)23(28)16-20/h4-12,15-17H,13-14H2,1-3H3,(H,29,32,34). The predicted molar refractivity (Wildman–Crippen MR) is 136 cm³/mol. The first kappa shape index (κ1) is 24.3. The van der Waals surface area contributed by atoms with E-state index in [1.807, 2.05) is 48.0 Å². The minimum Gasteiger partial charge on any atom is -0.491 e. The van der Waals surface area contributed by atoms with Gasteiger partial charge in [0.15, 0.2) is 0 Å². The van der Waals surface area contributed by atoms with E-state index in [9.17, 15) is 14.4 Å². The highest BCUT2D eigenvalue weighted by molar-refractivity contribution is 6.39. The zero-order valence-corrected chi connectivity index (χ0v) is 20.5. The summed E-state index contributed by atoms with van der Waals surface area (Å²) >= 11 is 6.18. The van der Waals surface area contributed by atoms with Gasteiger partial charge >= 0.3 is 6.03 Å². The molecular formula is C27H26ClN3O4. The second kappa shape index (κ2) is 10.2. The van der Waals surface area contributed by atoms with Crippen LogP contribution in [0.2, 0.25) is 5.02 Å². The zero-order valence-electron chi connectivity index (χ0n) is 19.7. The van der Waals surface area contributed by atoms with Crippen molar-refractivity contribution < 1.29 is 19.1 Å². The Kier molecular flexibility index (Phi) is 7.07. The summed E-state index contributed by atoms with van der Waals surface area (Å²) < 4.78 is 7.90. The highest BCUT2D eigenvalue weighted by Crippen LogP contribution is 2.27. The van der Waals surface area contributed by atoms with E-state index in [4.69, 9.17) is 16.3 Å². The van der Waals surface area contributed by atoms with Crippen LogP contribution in [-0.4, -0.2) is 29.0 Å². The lowest BCUT2D eigenvalue weighted by Crippen LogP contribution is -2.54. The smallest absolute Gasteiger partial charge is 0.335 e. The molecule has 0 unspecified atom stereocenters. The van der Waals surface area contributed by atoms with Crippen molar-refractivity contribution in [3.05, 3.63) is 88.2 Å². The maximum absolute atomic E-state index is 13.2. The first-order chi connectivity index (χ1) is 16.8. The van der Waals surface area contributed by atoms with Gasteiger partial charge in [-0.25, -0.2) is 9.69 Å². The number of imide groups is 2. The van der Waals surface area contributed by atoms with E-state index in [1.165, 1.54) is 12.1 Å². The highest BCUT2D eigenvalue weighted by atomic mass is 35.5. The number of aromatic nitrogens is 1. The number of anilines is 1. The van der Waals surface area contributed by atoms with E-state index < -0.39 is 17.8 Å². The first-order valence-electron chi connectivity index (χ1n) is 11.3. The summed E-state index contributed by atoms with van der Waals surface area (Å²) in [6.07, 6.45) is 3.33. The van der Waals surface area contributed by atoms with E-state index in [0.29, 0.717) is 29.8 Å². The average molecular weight is 492 g/mol. The van der Waals surface area contributed by atoms with E-state index in [1.54, 1.807) is 18.2 Å². The Labute approximate surface area is 208 Å². The van der Waals surface area contributed by atoms with Crippen LogP contribution in [0.1, 0.15) is 36.6 Å². The Bertz CT molecular complexity index is 1330. The number of ether oxygens (including phenoxy) is 1. The summed E-state index contributed by atoms with van der Waals surface area (Å²) in [6.45, 7) is 6.95. The largest absolute Gasteiger partial charge is 0.491 e. The minimum absolute atomic E-state index is 0.146. The molecule has 1 aliphatic heterocycles. The molecule has 1 saturated heterocycles. The van der Waals surface area contributed by atoms with Crippen LogP contribution in [0.25, 0.3) is 6.08 Å². The van der Waals surface area contributed by atoms with Crippen LogP contribution >= 0.6 is 11.6 Å². The molecule has 4 amide bonds. The average Bonchev–Trinajstić information content (AvgIpc) is 3.26. The number of carbonyl (C=O) groups excluding carboxylic acids is 3. The van der Waals surface area contributed by atoms with Gasteiger partial charge in [0.05, 0.1) is 12.2 Å². The molecule has 3 aromatic rings. The van der Waals surface area contributed by atoms with Crippen molar-refractivity contribution in [1.82, 2.24) is 9.88 Å². The molecular weight excluding hydrogens is 466 g/mol. The third kappa shape index (κ3) is 5.15. The number of benzene rings is 2. The second-order valence-corrected chi connectivity index (χ2v) is 8.97. The lowest BCUT2D eigenvalue weighted by molar-refractivity contribution is -0.122. The maximum atomic E-state index is 13.2. The molecule has 7 nitrogen and oxygen atoms in total. The van der Waals surface area contributed by atoms with Crippen molar-refractivity contribution in [2.75, 3.05) is 11.5 Å². The molecule has 1 aromatic heterocycles. The van der Waals surface area contributed by atoms with Crippen LogP contribution < -0.4 is 15.0 Å². The van der Waals surface area contributed by atoms with Crippen molar-refractivity contribution in [1.29, 1.82) is 0 Å². The van der Waals surface area contributed by atoms with Gasteiger partial charge in [0, 0.05) is 16.9 Å². The third-order valence-corrected chi connectivity index (χ3v) is 6.21. The Morgan fingerprint density at radius 1 is 1.06 bits per heavy atom. The number of barbiturate groups is 1. The fourth-order valence-corrected chi connectivity index (χ4v) is 4.04. The lowest BCUT2D eigenvalue weighted by Gasteiger charge is -2.26. The number of urea groups is 1. The molecule has 0 bridgehead atoms. The number of para-hydroxylation sites is 1. The SMILES string of the molecule is Cc1ccc(N2C(=O)NC(=O)C(=Cc3cccn3CCOc3ccccc3C(C)C)C2=O)cc1Cl. The Morgan fingerprint density at radius 3 is 2.57 bits per heavy atom. The van der Waals surface area contributed by atoms with Crippen LogP contribution in [0.5, 0.6) is 5.75 Å². The van der Waals surface area contributed by atoms with Gasteiger partial charge in [-0.05, 0) is 60.4 Å². The third-order valence-electron chi connectivity index (χ3n) is 5.80. The van der Waals surface area contributed by atoms with Gasteiger partial charge in [-0.1, -0.05) is 49.7 Å². The van der Waals surface area contributed by atoms with Crippen molar-refractivity contribution in [3.63, 3.8) is 0 Å². The summed E-state index contributed by atoms with van der Waals surface area (Å²) in [4.78, 5) is 39.1. The molecule has 2 heterocycles. The molecule has 0 aliphatic carbocycles. The van der Waals surface area contributed by atoms with E-state index in [0.717, 1.165) is 21.8 Å². The normalized spacial score (nSPS) is 15.2. The van der Waals surface area contributed by atoms with Gasteiger partial charge in [-0.2, -0.15) is 0 Å². The van der Waals surface area contributed by atoms with Crippen LogP contribution in [0.4, 0.5) is 10.5 Å². The highest BCUT2D eigenvalue weighted by Gasteiger charge is 2.37. The summed E-state index contributed by atoms with van der Waals surface area (Å²) in [6, 6.07) is 15.6. The Morgan fingerprint density at radius 2 is 1.83 bits per heavy atom. The molecule has 1 N–H and O–H groups in total. The van der Waals surface area contributed by atoms with Crippen molar-refractivity contribution >= 4 is 41.2 Å². The topological polar surface area (TPSA) is 80.6 Å². The van der Waals surface area contributed by atoms with Gasteiger partial charge in [-0.15, -0.1) is 0 Å². The maximum Gasteiger partial charge on any atom is 0.335 e. The van der Waals surface area contributed by atoms with Gasteiger partial charge in [0.25, 0.3) is 11.8 Å². The Balaban J connectivity index is 1.54. The molecule has 8 heteroatoms. The molecule has 35 heavy (non-hydrogen) atoms. The van der Waals surface area contributed by atoms with Crippen LogP contribution in [0.15, 0.2) is 66.4 Å². The summed E-state index contributed by atoms with van der Waals surface area (Å²) in [5.74, 6) is -0.289. The number of rotatable bonds is 7. The summed E-state index contributed by atoms with van der Waals surface area (Å²) in [5.41, 5.74) is 2.72. The zero-order chi connectivity index (χ0) is 25.1. The number of aryl methyl sites for hydroxylation is 1. The van der Waals surface area contributed by atoms with Crippen LogP contribution in [0.3, 0.4) is 0 Å². The quantitative estimate of drug-likeness (QED) is 0.358. The van der Waals surface area contributed by atoms with Gasteiger partial charge in [0.2, 0.25) is 0 Å². The number of nitrogens with one attached hydrogen (secondary N) is 1. The fraction of sp³-hybridized carbons (Fsp3) is 0.222. The van der Waals surface area contributed by atoms with Crippen LogP contribution in [-0.2, 0) is 16.1 Å². The minimum atomic E-state index is -0.815. The lowest BCUT2D eigenvalue weighted by atomic mass is 10.0. The van der Waals surface area contributed by atoms with E-state index in [2.05, 4.69) is 19.2 Å². The van der Waals surface area contributed by atoms with Gasteiger partial charge in [0.1, 0.15) is 17.9 Å². The molecule has 0 saturated carbocycles. The number of halogens is 1. The Hall–Kier alpha value is -3.84. The molecule has 0 spiro atoms. The molecule has 180 valence electrons. The number of amides is 4. The van der Waals surface area contributed by atoms with Crippen LogP contribution in [0, 0.1) is 6.92 Å². The van der Waals surface area contributed by atoms with E-state index in [-0.39, 0.29) is 11.3 Å².